The number of rotatable bonds is 6. The molecular formula is C15H14F5N5O. The lowest BCUT2D eigenvalue weighted by Crippen LogP contribution is -2.27. The zero-order valence-electron chi connectivity index (χ0n) is 13.7. The van der Waals surface area contributed by atoms with E-state index >= 15 is 0 Å². The maximum Gasteiger partial charge on any atom is 0.425 e. The molecule has 0 saturated carbocycles. The number of alkyl halides is 5. The number of nitrogens with zero attached hydrogens (tertiary/aromatic N) is 5. The lowest BCUT2D eigenvalue weighted by molar-refractivity contribution is -0.203. The topological polar surface area (TPSA) is 64.7 Å². The lowest BCUT2D eigenvalue weighted by atomic mass is 10.2. The fourth-order valence-electron chi connectivity index (χ4n) is 1.83. The summed E-state index contributed by atoms with van der Waals surface area (Å²) in [6.45, 7) is 5.58. The van der Waals surface area contributed by atoms with Crippen LogP contribution < -0.4 is 0 Å². The van der Waals surface area contributed by atoms with Crippen molar-refractivity contribution >= 4 is 17.9 Å². The van der Waals surface area contributed by atoms with Gasteiger partial charge in [0.25, 0.3) is 6.43 Å². The van der Waals surface area contributed by atoms with E-state index in [9.17, 15) is 22.0 Å². The van der Waals surface area contributed by atoms with Crippen LogP contribution in [-0.4, -0.2) is 38.6 Å². The van der Waals surface area contributed by atoms with Crippen molar-refractivity contribution in [1.82, 2.24) is 19.6 Å². The summed E-state index contributed by atoms with van der Waals surface area (Å²) in [5, 5.41) is 6.95. The molecule has 140 valence electrons. The van der Waals surface area contributed by atoms with Crippen LogP contribution in [0.1, 0.15) is 31.8 Å². The average Bonchev–Trinajstić information content (AvgIpc) is 3.00. The minimum absolute atomic E-state index is 0.142. The fourth-order valence-corrected chi connectivity index (χ4v) is 1.83. The third-order valence-electron chi connectivity index (χ3n) is 3.31. The van der Waals surface area contributed by atoms with Crippen molar-refractivity contribution in [2.75, 3.05) is 0 Å². The second-order valence-corrected chi connectivity index (χ2v) is 5.17. The molecule has 1 atom stereocenters. The Balaban J connectivity index is 2.28. The van der Waals surface area contributed by atoms with Gasteiger partial charge < -0.3 is 4.74 Å². The molecular weight excluding hydrogens is 361 g/mol. The molecule has 2 heterocycles. The van der Waals surface area contributed by atoms with Gasteiger partial charge in [0.2, 0.25) is 11.7 Å². The Bertz CT molecular complexity index is 856. The second kappa shape index (κ2) is 7.58. The van der Waals surface area contributed by atoms with Crippen LogP contribution in [0.25, 0.3) is 11.2 Å². The molecule has 2 aromatic rings. The molecule has 2 aromatic heterocycles. The summed E-state index contributed by atoms with van der Waals surface area (Å²) >= 11 is 0. The van der Waals surface area contributed by atoms with E-state index in [0.29, 0.717) is 11.3 Å². The van der Waals surface area contributed by atoms with Gasteiger partial charge in [0, 0.05) is 12.3 Å². The largest absolute Gasteiger partial charge is 0.465 e. The zero-order valence-corrected chi connectivity index (χ0v) is 13.7. The van der Waals surface area contributed by atoms with E-state index in [-0.39, 0.29) is 11.5 Å². The van der Waals surface area contributed by atoms with Gasteiger partial charge in [-0.15, -0.1) is 10.2 Å². The molecule has 0 saturated heterocycles. The van der Waals surface area contributed by atoms with Crippen LogP contribution in [0.2, 0.25) is 0 Å². The number of allylic oxidation sites excluding steroid dienone is 3. The van der Waals surface area contributed by atoms with Crippen LogP contribution in [0.4, 0.5) is 22.0 Å². The van der Waals surface area contributed by atoms with Gasteiger partial charge in [-0.05, 0) is 26.1 Å². The van der Waals surface area contributed by atoms with E-state index in [0.717, 1.165) is 11.3 Å². The summed E-state index contributed by atoms with van der Waals surface area (Å²) < 4.78 is 69.1. The molecule has 0 aliphatic carbocycles. The Labute approximate surface area is 144 Å². The van der Waals surface area contributed by atoms with Gasteiger partial charge in [-0.3, -0.25) is 9.38 Å². The van der Waals surface area contributed by atoms with Crippen molar-refractivity contribution in [3.63, 3.8) is 0 Å². The smallest absolute Gasteiger partial charge is 0.425 e. The molecule has 0 N–H and O–H groups in total. The SMILES string of the molecule is C=N/C(=C\C=C(/C)c1cn2c(C(F)F)nnc2cn1)O[C@@H](C)C(F)(F)F. The third kappa shape index (κ3) is 4.41. The third-order valence-corrected chi connectivity index (χ3v) is 3.31. The van der Waals surface area contributed by atoms with E-state index in [1.807, 2.05) is 0 Å². The van der Waals surface area contributed by atoms with E-state index in [4.69, 9.17) is 0 Å². The van der Waals surface area contributed by atoms with Gasteiger partial charge in [0.15, 0.2) is 11.8 Å². The Morgan fingerprint density at radius 3 is 2.58 bits per heavy atom. The van der Waals surface area contributed by atoms with Crippen LogP contribution in [0.3, 0.4) is 0 Å². The monoisotopic (exact) mass is 375 g/mol. The Hall–Kier alpha value is -2.85. The molecule has 0 aromatic carbocycles. The normalized spacial score (nSPS) is 14.8. The van der Waals surface area contributed by atoms with E-state index in [1.54, 1.807) is 6.92 Å². The van der Waals surface area contributed by atoms with Gasteiger partial charge in [-0.1, -0.05) is 6.08 Å². The molecule has 0 unspecified atom stereocenters. The minimum atomic E-state index is -4.55. The van der Waals surface area contributed by atoms with Gasteiger partial charge in [-0.2, -0.15) is 13.2 Å². The summed E-state index contributed by atoms with van der Waals surface area (Å²) in [6.07, 6.45) is -4.31. The minimum Gasteiger partial charge on any atom is -0.465 e. The molecule has 0 amide bonds. The highest BCUT2D eigenvalue weighted by Gasteiger charge is 2.38. The summed E-state index contributed by atoms with van der Waals surface area (Å²) in [6, 6.07) is 0. The van der Waals surface area contributed by atoms with Gasteiger partial charge in [0.05, 0.1) is 11.9 Å². The van der Waals surface area contributed by atoms with Crippen molar-refractivity contribution in [1.29, 1.82) is 0 Å². The first-order chi connectivity index (χ1) is 12.1. The summed E-state index contributed by atoms with van der Waals surface area (Å²) in [4.78, 5) is 7.44. The van der Waals surface area contributed by atoms with E-state index in [2.05, 4.69) is 31.6 Å². The molecule has 2 rings (SSSR count). The molecule has 0 radical (unpaired) electrons. The number of fused-ring (bicyclic) bond motifs is 1. The first kappa shape index (κ1) is 19.5. The van der Waals surface area contributed by atoms with Gasteiger partial charge in [-0.25, -0.2) is 13.8 Å². The molecule has 6 nitrogen and oxygen atoms in total. The van der Waals surface area contributed by atoms with Crippen LogP contribution in [0.5, 0.6) is 0 Å². The number of hydrogen-bond acceptors (Lipinski definition) is 5. The molecule has 11 heteroatoms. The number of ether oxygens (including phenoxy) is 1. The average molecular weight is 375 g/mol. The highest BCUT2D eigenvalue weighted by atomic mass is 19.4. The molecule has 26 heavy (non-hydrogen) atoms. The zero-order chi connectivity index (χ0) is 19.5. The molecule has 0 fully saturated rings. The summed E-state index contributed by atoms with van der Waals surface area (Å²) in [7, 11) is 0. The predicted octanol–water partition coefficient (Wildman–Crippen LogP) is 3.97. The second-order valence-electron chi connectivity index (χ2n) is 5.17. The standard InChI is InChI=1S/C15H14F5N5O/c1-8(4-5-12(21-3)26-9(2)15(18,19)20)10-7-25-11(6-22-10)23-24-14(25)13(16)17/h4-7,9,13H,3H2,1-2H3/b8-4+,12-5+/t9-/m0/s1. The number of halogens is 5. The first-order valence-electron chi connectivity index (χ1n) is 7.21. The van der Waals surface area contributed by atoms with E-state index < -0.39 is 24.5 Å². The number of hydrogen-bond donors (Lipinski definition) is 0. The summed E-state index contributed by atoms with van der Waals surface area (Å²) in [5.74, 6) is -0.879. The van der Waals surface area contributed by atoms with Crippen LogP contribution in [0, 0.1) is 0 Å². The lowest BCUT2D eigenvalue weighted by Gasteiger charge is -2.17. The molecule has 0 aliphatic heterocycles. The maximum absolute atomic E-state index is 12.9. The van der Waals surface area contributed by atoms with Crippen molar-refractivity contribution in [3.8, 4) is 0 Å². The molecule has 0 aliphatic rings. The van der Waals surface area contributed by atoms with Crippen molar-refractivity contribution in [3.05, 3.63) is 41.9 Å². The van der Waals surface area contributed by atoms with Crippen molar-refractivity contribution < 1.29 is 26.7 Å². The van der Waals surface area contributed by atoms with Gasteiger partial charge >= 0.3 is 6.18 Å². The Kier molecular flexibility index (Phi) is 5.68. The van der Waals surface area contributed by atoms with Crippen LogP contribution in [-0.2, 0) is 4.74 Å². The molecule has 0 spiro atoms. The highest BCUT2D eigenvalue weighted by molar-refractivity contribution is 5.62. The Morgan fingerprint density at radius 2 is 2.00 bits per heavy atom. The quantitative estimate of drug-likeness (QED) is 0.332. The van der Waals surface area contributed by atoms with Crippen molar-refractivity contribution in [2.24, 2.45) is 4.99 Å². The fraction of sp³-hybridized carbons (Fsp3) is 0.333. The predicted molar refractivity (Wildman–Crippen MR) is 83.6 cm³/mol. The number of aromatic nitrogens is 4. The van der Waals surface area contributed by atoms with Crippen LogP contribution >= 0.6 is 0 Å². The van der Waals surface area contributed by atoms with Crippen LogP contribution in [0.15, 0.2) is 35.4 Å². The Morgan fingerprint density at radius 1 is 1.31 bits per heavy atom. The highest BCUT2D eigenvalue weighted by Crippen LogP contribution is 2.25. The maximum atomic E-state index is 12.9. The molecule has 0 bridgehead atoms. The van der Waals surface area contributed by atoms with Crippen molar-refractivity contribution in [2.45, 2.75) is 32.6 Å². The first-order valence-corrected chi connectivity index (χ1v) is 7.21. The van der Waals surface area contributed by atoms with E-state index in [1.165, 1.54) is 24.5 Å². The van der Waals surface area contributed by atoms with Gasteiger partial charge in [0.1, 0.15) is 0 Å². The summed E-state index contributed by atoms with van der Waals surface area (Å²) in [5.41, 5.74) is 0.899. The number of aliphatic imine (C=N–C) groups is 1.